The molecule has 0 N–H and O–H groups in total. The van der Waals surface area contributed by atoms with Crippen molar-refractivity contribution >= 4 is 5.91 Å². The van der Waals surface area contributed by atoms with Crippen molar-refractivity contribution in [2.45, 2.75) is 46.2 Å². The zero-order valence-electron chi connectivity index (χ0n) is 15.0. The minimum Gasteiger partial charge on any atom is -0.361 e. The van der Waals surface area contributed by atoms with Gasteiger partial charge >= 0.3 is 0 Å². The fourth-order valence-electron chi connectivity index (χ4n) is 4.17. The molecule has 3 aliphatic heterocycles. The van der Waals surface area contributed by atoms with E-state index in [1.54, 1.807) is 6.92 Å². The van der Waals surface area contributed by atoms with Crippen molar-refractivity contribution in [3.63, 3.8) is 0 Å². The quantitative estimate of drug-likeness (QED) is 0.850. The van der Waals surface area contributed by atoms with Crippen LogP contribution in [-0.4, -0.2) is 51.7 Å². The van der Waals surface area contributed by atoms with Crippen LogP contribution in [0.1, 0.15) is 46.0 Å². The lowest BCUT2D eigenvalue weighted by Gasteiger charge is -2.36. The van der Waals surface area contributed by atoms with Gasteiger partial charge in [0.25, 0.3) is 5.91 Å². The van der Waals surface area contributed by atoms with Crippen LogP contribution >= 0.6 is 0 Å². The van der Waals surface area contributed by atoms with Crippen LogP contribution in [0.25, 0.3) is 0 Å². The summed E-state index contributed by atoms with van der Waals surface area (Å²) in [6.45, 7) is 9.29. The highest BCUT2D eigenvalue weighted by atomic mass is 16.5. The lowest BCUT2D eigenvalue weighted by atomic mass is 9.94. The number of nitrogens with zero attached hydrogens (tertiary/aromatic N) is 4. The second kappa shape index (κ2) is 6.29. The molecule has 0 aliphatic carbocycles. The Kier molecular flexibility index (Phi) is 4.11. The molecule has 2 atom stereocenters. The second-order valence-corrected chi connectivity index (χ2v) is 7.35. The van der Waals surface area contributed by atoms with Gasteiger partial charge in [0.05, 0.1) is 11.9 Å². The topological polar surface area (TPSA) is 75.6 Å². The van der Waals surface area contributed by atoms with E-state index in [0.29, 0.717) is 17.2 Å². The Morgan fingerprint density at radius 2 is 2.00 bits per heavy atom. The number of aromatic nitrogens is 2. The molecule has 0 aromatic carbocycles. The summed E-state index contributed by atoms with van der Waals surface area (Å²) in [4.78, 5) is 17.4. The molecule has 5 heterocycles. The highest BCUT2D eigenvalue weighted by Crippen LogP contribution is 2.31. The summed E-state index contributed by atoms with van der Waals surface area (Å²) >= 11 is 0. The molecule has 0 saturated carbocycles. The highest BCUT2D eigenvalue weighted by molar-refractivity contribution is 5.95. The lowest BCUT2D eigenvalue weighted by Crippen LogP contribution is -2.47. The van der Waals surface area contributed by atoms with Crippen molar-refractivity contribution in [1.29, 1.82) is 0 Å². The monoisotopic (exact) mass is 344 g/mol. The summed E-state index contributed by atoms with van der Waals surface area (Å²) in [5.74, 6) is 2.04. The average molecular weight is 344 g/mol. The van der Waals surface area contributed by atoms with Crippen LogP contribution in [0.4, 0.5) is 0 Å². The molecule has 3 saturated heterocycles. The predicted molar refractivity (Wildman–Crippen MR) is 90.0 cm³/mol. The van der Waals surface area contributed by atoms with Crippen molar-refractivity contribution in [2.75, 3.05) is 19.6 Å². The molecule has 0 radical (unpaired) electrons. The number of carbonyl (C=O) groups excluding carboxylic acids is 1. The maximum absolute atomic E-state index is 12.9. The van der Waals surface area contributed by atoms with E-state index in [9.17, 15) is 4.79 Å². The standard InChI is InChI=1S/C18H24N4O3/c1-11-17(13(3)25-20-11)10-21-7-14-4-5-15(9-21)22(8-14)18(23)16-6-19-24-12(16)2/h6,14-15H,4-5,7-10H2,1-3H3/t14-,15+/m1/s1. The fraction of sp³-hybridized carbons (Fsp3) is 0.611. The molecule has 3 aliphatic rings. The molecule has 2 aromatic heterocycles. The zero-order valence-corrected chi connectivity index (χ0v) is 15.0. The van der Waals surface area contributed by atoms with E-state index in [4.69, 9.17) is 9.05 Å². The summed E-state index contributed by atoms with van der Waals surface area (Å²) in [7, 11) is 0. The summed E-state index contributed by atoms with van der Waals surface area (Å²) in [5.41, 5.74) is 2.72. The van der Waals surface area contributed by atoms with Crippen molar-refractivity contribution in [3.05, 3.63) is 34.5 Å². The van der Waals surface area contributed by atoms with Gasteiger partial charge in [-0.3, -0.25) is 9.69 Å². The third kappa shape index (κ3) is 2.97. The van der Waals surface area contributed by atoms with E-state index in [2.05, 4.69) is 15.2 Å². The van der Waals surface area contributed by atoms with Crippen LogP contribution < -0.4 is 0 Å². The minimum atomic E-state index is 0.0487. The van der Waals surface area contributed by atoms with Gasteiger partial charge in [-0.05, 0) is 39.5 Å². The number of amides is 1. The normalized spacial score (nSPS) is 23.9. The molecule has 0 unspecified atom stereocenters. The first kappa shape index (κ1) is 16.3. The Hall–Kier alpha value is -2.15. The maximum Gasteiger partial charge on any atom is 0.259 e. The third-order valence-corrected chi connectivity index (χ3v) is 5.59. The molecule has 1 amide bonds. The summed E-state index contributed by atoms with van der Waals surface area (Å²) in [6.07, 6.45) is 3.77. The van der Waals surface area contributed by atoms with Gasteiger partial charge in [-0.1, -0.05) is 10.3 Å². The molecule has 3 fully saturated rings. The van der Waals surface area contributed by atoms with Crippen LogP contribution in [-0.2, 0) is 6.54 Å². The number of rotatable bonds is 3. The number of hydrogen-bond donors (Lipinski definition) is 0. The summed E-state index contributed by atoms with van der Waals surface area (Å²) in [6, 6.07) is 0.237. The molecule has 7 nitrogen and oxygen atoms in total. The number of fused-ring (bicyclic) bond motifs is 4. The van der Waals surface area contributed by atoms with E-state index in [1.165, 1.54) is 18.2 Å². The van der Waals surface area contributed by atoms with Gasteiger partial charge in [-0.2, -0.15) is 0 Å². The van der Waals surface area contributed by atoms with Gasteiger partial charge in [0, 0.05) is 37.8 Å². The number of hydrogen-bond acceptors (Lipinski definition) is 6. The minimum absolute atomic E-state index is 0.0487. The van der Waals surface area contributed by atoms with Gasteiger partial charge in [0.1, 0.15) is 17.1 Å². The number of piperidine rings is 1. The van der Waals surface area contributed by atoms with Crippen LogP contribution in [0, 0.1) is 26.7 Å². The number of aryl methyl sites for hydroxylation is 3. The molecule has 7 heteroatoms. The fourth-order valence-corrected chi connectivity index (χ4v) is 4.17. The average Bonchev–Trinajstić information content (AvgIpc) is 3.02. The lowest BCUT2D eigenvalue weighted by molar-refractivity contribution is 0.0583. The molecule has 2 aromatic rings. The van der Waals surface area contributed by atoms with E-state index in [1.807, 2.05) is 18.7 Å². The first-order valence-electron chi connectivity index (χ1n) is 8.89. The Labute approximate surface area is 146 Å². The highest BCUT2D eigenvalue weighted by Gasteiger charge is 2.38. The van der Waals surface area contributed by atoms with Crippen LogP contribution in [0.2, 0.25) is 0 Å². The first-order valence-corrected chi connectivity index (χ1v) is 8.89. The van der Waals surface area contributed by atoms with E-state index >= 15 is 0 Å². The third-order valence-electron chi connectivity index (χ3n) is 5.59. The van der Waals surface area contributed by atoms with Crippen LogP contribution in [0.5, 0.6) is 0 Å². The Bertz CT molecular complexity index is 762. The van der Waals surface area contributed by atoms with Gasteiger partial charge < -0.3 is 13.9 Å². The molecule has 5 rings (SSSR count). The molecular formula is C18H24N4O3. The van der Waals surface area contributed by atoms with Crippen molar-refractivity contribution in [2.24, 2.45) is 5.92 Å². The van der Waals surface area contributed by atoms with E-state index in [0.717, 1.165) is 44.1 Å². The maximum atomic E-state index is 12.9. The van der Waals surface area contributed by atoms with Gasteiger partial charge in [-0.25, -0.2) is 0 Å². The second-order valence-electron chi connectivity index (χ2n) is 7.35. The smallest absolute Gasteiger partial charge is 0.259 e. The van der Waals surface area contributed by atoms with E-state index < -0.39 is 0 Å². The molecule has 25 heavy (non-hydrogen) atoms. The van der Waals surface area contributed by atoms with Crippen LogP contribution in [0.3, 0.4) is 0 Å². The van der Waals surface area contributed by atoms with Crippen molar-refractivity contribution in [3.8, 4) is 0 Å². The van der Waals surface area contributed by atoms with Gasteiger partial charge in [-0.15, -0.1) is 0 Å². The van der Waals surface area contributed by atoms with Crippen molar-refractivity contribution < 1.29 is 13.8 Å². The molecule has 0 spiro atoms. The van der Waals surface area contributed by atoms with Crippen LogP contribution in [0.15, 0.2) is 15.2 Å². The molecule has 2 bridgehead atoms. The Balaban J connectivity index is 1.53. The summed E-state index contributed by atoms with van der Waals surface area (Å²) < 4.78 is 10.4. The van der Waals surface area contributed by atoms with Gasteiger partial charge in [0.2, 0.25) is 0 Å². The Morgan fingerprint density at radius 1 is 1.16 bits per heavy atom. The van der Waals surface area contributed by atoms with Gasteiger partial charge in [0.15, 0.2) is 0 Å². The van der Waals surface area contributed by atoms with E-state index in [-0.39, 0.29) is 11.9 Å². The molecular weight excluding hydrogens is 320 g/mol. The number of carbonyl (C=O) groups is 1. The SMILES string of the molecule is Cc1noc(C)c1CN1C[C@H]2CC[C@@H](C1)N(C(=O)c1cnoc1C)C2. The molecule has 134 valence electrons. The zero-order chi connectivity index (χ0) is 17.6. The Morgan fingerprint density at radius 3 is 2.68 bits per heavy atom. The predicted octanol–water partition coefficient (Wildman–Crippen LogP) is 2.32. The summed E-state index contributed by atoms with van der Waals surface area (Å²) in [5, 5.41) is 7.82. The first-order chi connectivity index (χ1) is 12.0. The largest absolute Gasteiger partial charge is 0.361 e. The van der Waals surface area contributed by atoms with Crippen molar-refractivity contribution in [1.82, 2.24) is 20.1 Å².